The fourth-order valence-corrected chi connectivity index (χ4v) is 1.28. The fourth-order valence-electron chi connectivity index (χ4n) is 1.28. The molecule has 0 saturated carbocycles. The van der Waals surface area contributed by atoms with E-state index < -0.39 is 5.97 Å². The van der Waals surface area contributed by atoms with Crippen LogP contribution in [-0.4, -0.2) is 31.9 Å². The van der Waals surface area contributed by atoms with Crippen molar-refractivity contribution in [3.8, 4) is 17.2 Å². The number of ether oxygens (including phenoxy) is 3. The lowest BCUT2D eigenvalue weighted by Gasteiger charge is -2.09. The molecule has 0 unspecified atom stereocenters. The van der Waals surface area contributed by atoms with Gasteiger partial charge >= 0.3 is 5.97 Å². The summed E-state index contributed by atoms with van der Waals surface area (Å²) in [6.07, 6.45) is 0.565. The van der Waals surface area contributed by atoms with Crippen molar-refractivity contribution in [2.75, 3.05) is 20.8 Å². The molecule has 1 aromatic rings. The SMILES string of the molecule is COc1cc(OC)cc(OCCCC(=O)O)c1. The summed E-state index contributed by atoms with van der Waals surface area (Å²) in [5.74, 6) is 1.05. The highest BCUT2D eigenvalue weighted by atomic mass is 16.5. The maximum Gasteiger partial charge on any atom is 0.303 e. The number of hydrogen-bond donors (Lipinski definition) is 1. The van der Waals surface area contributed by atoms with Gasteiger partial charge in [0.2, 0.25) is 0 Å². The van der Waals surface area contributed by atoms with Gasteiger partial charge in [-0.15, -0.1) is 0 Å². The molecule has 0 aliphatic heterocycles. The van der Waals surface area contributed by atoms with E-state index in [0.29, 0.717) is 30.3 Å². The Balaban J connectivity index is 2.54. The van der Waals surface area contributed by atoms with Crippen molar-refractivity contribution < 1.29 is 24.1 Å². The maximum atomic E-state index is 10.3. The molecule has 0 aliphatic rings. The highest BCUT2D eigenvalue weighted by molar-refractivity contribution is 5.66. The molecule has 0 saturated heterocycles. The van der Waals surface area contributed by atoms with Crippen molar-refractivity contribution in [3.05, 3.63) is 18.2 Å². The van der Waals surface area contributed by atoms with E-state index in [2.05, 4.69) is 0 Å². The molecule has 0 atom stereocenters. The molecule has 1 N–H and O–H groups in total. The molecule has 0 amide bonds. The molecule has 0 aliphatic carbocycles. The molecule has 0 heterocycles. The van der Waals surface area contributed by atoms with Crippen LogP contribution < -0.4 is 14.2 Å². The first-order valence-electron chi connectivity index (χ1n) is 5.23. The summed E-state index contributed by atoms with van der Waals surface area (Å²) in [7, 11) is 3.12. The smallest absolute Gasteiger partial charge is 0.303 e. The Bertz CT molecular complexity index is 353. The first-order valence-corrected chi connectivity index (χ1v) is 5.23. The second-order valence-corrected chi connectivity index (χ2v) is 3.39. The number of carboxylic acid groups (broad SMARTS) is 1. The van der Waals surface area contributed by atoms with Gasteiger partial charge in [0.15, 0.2) is 0 Å². The Kier molecular flexibility index (Phi) is 5.13. The van der Waals surface area contributed by atoms with Crippen LogP contribution in [0.1, 0.15) is 12.8 Å². The first-order chi connectivity index (χ1) is 8.15. The zero-order chi connectivity index (χ0) is 12.7. The van der Waals surface area contributed by atoms with E-state index in [0.717, 1.165) is 0 Å². The standard InChI is InChI=1S/C12H16O5/c1-15-9-6-10(16-2)8-11(7-9)17-5-3-4-12(13)14/h6-8H,3-5H2,1-2H3,(H,13,14). The van der Waals surface area contributed by atoms with E-state index in [1.165, 1.54) is 0 Å². The van der Waals surface area contributed by atoms with Crippen LogP contribution in [-0.2, 0) is 4.79 Å². The van der Waals surface area contributed by atoms with E-state index in [1.54, 1.807) is 32.4 Å². The molecular weight excluding hydrogens is 224 g/mol. The molecule has 5 heteroatoms. The highest BCUT2D eigenvalue weighted by Gasteiger charge is 2.03. The number of benzene rings is 1. The first kappa shape index (κ1) is 13.2. The predicted molar refractivity (Wildman–Crippen MR) is 61.9 cm³/mol. The fraction of sp³-hybridized carbons (Fsp3) is 0.417. The van der Waals surface area contributed by atoms with E-state index in [4.69, 9.17) is 19.3 Å². The maximum absolute atomic E-state index is 10.3. The summed E-state index contributed by atoms with van der Waals surface area (Å²) in [6, 6.07) is 5.19. The van der Waals surface area contributed by atoms with Gasteiger partial charge in [-0.1, -0.05) is 0 Å². The van der Waals surface area contributed by atoms with E-state index in [9.17, 15) is 4.79 Å². The van der Waals surface area contributed by atoms with E-state index in [-0.39, 0.29) is 6.42 Å². The number of hydrogen-bond acceptors (Lipinski definition) is 4. The van der Waals surface area contributed by atoms with Crippen LogP contribution in [0.2, 0.25) is 0 Å². The Morgan fingerprint density at radius 2 is 1.65 bits per heavy atom. The summed E-state index contributed by atoms with van der Waals surface area (Å²) in [5.41, 5.74) is 0. The highest BCUT2D eigenvalue weighted by Crippen LogP contribution is 2.27. The summed E-state index contributed by atoms with van der Waals surface area (Å²) < 4.78 is 15.6. The molecule has 0 fully saturated rings. The lowest BCUT2D eigenvalue weighted by atomic mass is 10.3. The van der Waals surface area contributed by atoms with Gasteiger partial charge in [0.25, 0.3) is 0 Å². The van der Waals surface area contributed by atoms with Crippen LogP contribution in [0.5, 0.6) is 17.2 Å². The molecule has 5 nitrogen and oxygen atoms in total. The number of aliphatic carboxylic acids is 1. The Hall–Kier alpha value is -1.91. The Morgan fingerprint density at radius 3 is 2.12 bits per heavy atom. The summed E-state index contributed by atoms with van der Waals surface area (Å²) in [5, 5.41) is 8.48. The molecule has 0 bridgehead atoms. The lowest BCUT2D eigenvalue weighted by molar-refractivity contribution is -0.137. The largest absolute Gasteiger partial charge is 0.496 e. The predicted octanol–water partition coefficient (Wildman–Crippen LogP) is 1.95. The molecule has 0 aromatic heterocycles. The van der Waals surface area contributed by atoms with Crippen molar-refractivity contribution in [1.82, 2.24) is 0 Å². The third-order valence-electron chi connectivity index (χ3n) is 2.13. The average molecular weight is 240 g/mol. The second kappa shape index (κ2) is 6.62. The summed E-state index contributed by atoms with van der Waals surface area (Å²) in [6.45, 7) is 0.350. The zero-order valence-corrected chi connectivity index (χ0v) is 9.93. The van der Waals surface area contributed by atoms with Gasteiger partial charge in [0.1, 0.15) is 17.2 Å². The minimum atomic E-state index is -0.822. The van der Waals surface area contributed by atoms with Gasteiger partial charge in [-0.2, -0.15) is 0 Å². The van der Waals surface area contributed by atoms with Crippen LogP contribution in [0.25, 0.3) is 0 Å². The topological polar surface area (TPSA) is 65.0 Å². The lowest BCUT2D eigenvalue weighted by Crippen LogP contribution is -2.02. The molecule has 94 valence electrons. The van der Waals surface area contributed by atoms with Gasteiger partial charge in [-0.25, -0.2) is 0 Å². The molecule has 0 spiro atoms. The summed E-state index contributed by atoms with van der Waals surface area (Å²) >= 11 is 0. The van der Waals surface area contributed by atoms with Crippen LogP contribution in [0, 0.1) is 0 Å². The van der Waals surface area contributed by atoms with Gasteiger partial charge < -0.3 is 19.3 Å². The van der Waals surface area contributed by atoms with Crippen LogP contribution in [0.15, 0.2) is 18.2 Å². The monoisotopic (exact) mass is 240 g/mol. The third kappa shape index (κ3) is 4.63. The summed E-state index contributed by atoms with van der Waals surface area (Å²) in [4.78, 5) is 10.3. The van der Waals surface area contributed by atoms with Gasteiger partial charge in [-0.3, -0.25) is 4.79 Å². The third-order valence-corrected chi connectivity index (χ3v) is 2.13. The molecule has 0 radical (unpaired) electrons. The van der Waals surface area contributed by atoms with Crippen LogP contribution in [0.3, 0.4) is 0 Å². The van der Waals surface area contributed by atoms with E-state index in [1.807, 2.05) is 0 Å². The molecule has 17 heavy (non-hydrogen) atoms. The van der Waals surface area contributed by atoms with Gasteiger partial charge in [-0.05, 0) is 6.42 Å². The van der Waals surface area contributed by atoms with Crippen molar-refractivity contribution >= 4 is 5.97 Å². The normalized spacial score (nSPS) is 9.76. The number of carboxylic acids is 1. The van der Waals surface area contributed by atoms with Gasteiger partial charge in [0.05, 0.1) is 20.8 Å². The Labute approximate surface area is 99.9 Å². The van der Waals surface area contributed by atoms with Crippen molar-refractivity contribution in [2.45, 2.75) is 12.8 Å². The number of methoxy groups -OCH3 is 2. The minimum absolute atomic E-state index is 0.0983. The number of carbonyl (C=O) groups is 1. The van der Waals surface area contributed by atoms with Crippen LogP contribution >= 0.6 is 0 Å². The van der Waals surface area contributed by atoms with Crippen molar-refractivity contribution in [2.24, 2.45) is 0 Å². The Morgan fingerprint density at radius 1 is 1.12 bits per heavy atom. The minimum Gasteiger partial charge on any atom is -0.496 e. The average Bonchev–Trinajstić information content (AvgIpc) is 2.34. The van der Waals surface area contributed by atoms with Gasteiger partial charge in [0, 0.05) is 24.6 Å². The molecule has 1 aromatic carbocycles. The van der Waals surface area contributed by atoms with Crippen molar-refractivity contribution in [3.63, 3.8) is 0 Å². The van der Waals surface area contributed by atoms with E-state index >= 15 is 0 Å². The van der Waals surface area contributed by atoms with Crippen molar-refractivity contribution in [1.29, 1.82) is 0 Å². The van der Waals surface area contributed by atoms with Crippen LogP contribution in [0.4, 0.5) is 0 Å². The molecular formula is C12H16O5. The second-order valence-electron chi connectivity index (χ2n) is 3.39. The molecule has 1 rings (SSSR count). The number of rotatable bonds is 7. The zero-order valence-electron chi connectivity index (χ0n) is 9.93. The quantitative estimate of drug-likeness (QED) is 0.738.